The Morgan fingerprint density at radius 2 is 1.93 bits per heavy atom. The van der Waals surface area contributed by atoms with E-state index < -0.39 is 0 Å². The Hall–Kier alpha value is -2.18. The lowest BCUT2D eigenvalue weighted by atomic mass is 9.94. The lowest BCUT2D eigenvalue weighted by molar-refractivity contribution is 0.0950. The summed E-state index contributed by atoms with van der Waals surface area (Å²) in [7, 11) is 0. The fourth-order valence-corrected chi connectivity index (χ4v) is 4.22. The molecule has 6 heteroatoms. The minimum atomic E-state index is -0.116. The lowest BCUT2D eigenvalue weighted by Gasteiger charge is -2.36. The number of benzene rings is 1. The van der Waals surface area contributed by atoms with E-state index in [4.69, 9.17) is 5.11 Å². The number of carbonyl (C=O) groups is 1. The Balaban J connectivity index is 1.34. The highest BCUT2D eigenvalue weighted by molar-refractivity contribution is 5.94. The largest absolute Gasteiger partial charge is 0.392 e. The molecule has 2 aliphatic rings. The van der Waals surface area contributed by atoms with Crippen LogP contribution in [0, 0.1) is 0 Å². The van der Waals surface area contributed by atoms with E-state index >= 15 is 0 Å². The molecular weight excluding hydrogens is 340 g/mol. The predicted molar refractivity (Wildman–Crippen MR) is 103 cm³/mol. The van der Waals surface area contributed by atoms with Gasteiger partial charge in [0.25, 0.3) is 5.91 Å². The molecule has 144 valence electrons. The first-order valence-electron chi connectivity index (χ1n) is 10.0. The van der Waals surface area contributed by atoms with Gasteiger partial charge in [0.15, 0.2) is 0 Å². The van der Waals surface area contributed by atoms with E-state index in [1.54, 1.807) is 24.3 Å². The van der Waals surface area contributed by atoms with Gasteiger partial charge in [0.05, 0.1) is 31.1 Å². The highest BCUT2D eigenvalue weighted by Crippen LogP contribution is 2.26. The van der Waals surface area contributed by atoms with Crippen LogP contribution in [0.3, 0.4) is 0 Å². The first kappa shape index (κ1) is 18.2. The van der Waals surface area contributed by atoms with Gasteiger partial charge in [0.2, 0.25) is 0 Å². The predicted octanol–water partition coefficient (Wildman–Crippen LogP) is 2.45. The quantitative estimate of drug-likeness (QED) is 0.851. The second-order valence-electron chi connectivity index (χ2n) is 7.65. The molecule has 1 aromatic heterocycles. The van der Waals surface area contributed by atoms with E-state index in [2.05, 4.69) is 26.1 Å². The number of nitrogens with one attached hydrogen (secondary N) is 1. The summed E-state index contributed by atoms with van der Waals surface area (Å²) in [6, 6.07) is 9.87. The Bertz CT molecular complexity index is 778. The number of carbonyl (C=O) groups excluding carboxylic acids is 1. The first-order valence-corrected chi connectivity index (χ1v) is 10.0. The summed E-state index contributed by atoms with van der Waals surface area (Å²) in [5.41, 5.74) is 3.56. The Kier molecular flexibility index (Phi) is 5.55. The van der Waals surface area contributed by atoms with E-state index in [1.165, 1.54) is 37.8 Å². The molecule has 1 saturated carbocycles. The number of aliphatic hydroxyl groups excluding tert-OH is 1. The maximum atomic E-state index is 12.3. The maximum Gasteiger partial charge on any atom is 0.251 e. The molecule has 0 saturated heterocycles. The average Bonchev–Trinajstić information content (AvgIpc) is 3.15. The first-order chi connectivity index (χ1) is 13.2. The third-order valence-corrected chi connectivity index (χ3v) is 5.80. The van der Waals surface area contributed by atoms with Gasteiger partial charge in [-0.05, 0) is 36.6 Å². The molecule has 1 fully saturated rings. The molecule has 2 aromatic rings. The molecule has 0 atom stereocenters. The van der Waals surface area contributed by atoms with Gasteiger partial charge in [-0.1, -0.05) is 31.4 Å². The van der Waals surface area contributed by atoms with Crippen molar-refractivity contribution >= 4 is 5.91 Å². The molecule has 0 radical (unpaired) electrons. The molecular formula is C21H28N4O2. The fourth-order valence-electron chi connectivity index (χ4n) is 4.22. The van der Waals surface area contributed by atoms with Crippen molar-refractivity contribution in [1.82, 2.24) is 20.0 Å². The van der Waals surface area contributed by atoms with E-state index in [1.807, 2.05) is 0 Å². The van der Waals surface area contributed by atoms with Gasteiger partial charge in [0.1, 0.15) is 0 Å². The van der Waals surface area contributed by atoms with Crippen LogP contribution in [0.2, 0.25) is 0 Å². The molecule has 6 nitrogen and oxygen atoms in total. The zero-order valence-corrected chi connectivity index (χ0v) is 15.7. The van der Waals surface area contributed by atoms with Crippen LogP contribution < -0.4 is 5.32 Å². The summed E-state index contributed by atoms with van der Waals surface area (Å²) >= 11 is 0. The number of amides is 1. The maximum absolute atomic E-state index is 12.3. The Morgan fingerprint density at radius 1 is 1.15 bits per heavy atom. The normalized spacial score (nSPS) is 18.3. The summed E-state index contributed by atoms with van der Waals surface area (Å²) in [5, 5.41) is 16.7. The second-order valence-corrected chi connectivity index (χ2v) is 7.65. The monoisotopic (exact) mass is 368 g/mol. The zero-order chi connectivity index (χ0) is 18.6. The van der Waals surface area contributed by atoms with Crippen molar-refractivity contribution in [3.05, 3.63) is 52.8 Å². The van der Waals surface area contributed by atoms with Crippen LogP contribution in [0.5, 0.6) is 0 Å². The van der Waals surface area contributed by atoms with E-state index in [0.717, 1.165) is 36.9 Å². The molecule has 2 heterocycles. The molecule has 1 amide bonds. The lowest BCUT2D eigenvalue weighted by Crippen LogP contribution is -2.42. The van der Waals surface area contributed by atoms with Crippen LogP contribution in [0.25, 0.3) is 0 Å². The van der Waals surface area contributed by atoms with Crippen molar-refractivity contribution in [2.75, 3.05) is 6.54 Å². The van der Waals surface area contributed by atoms with E-state index in [9.17, 15) is 4.79 Å². The number of nitrogens with zero attached hydrogens (tertiary/aromatic N) is 3. The molecule has 1 aliphatic heterocycles. The summed E-state index contributed by atoms with van der Waals surface area (Å²) in [6.45, 7) is 3.39. The number of aromatic nitrogens is 2. The van der Waals surface area contributed by atoms with Crippen molar-refractivity contribution in [2.24, 2.45) is 0 Å². The molecule has 0 spiro atoms. The molecule has 0 bridgehead atoms. The highest BCUT2D eigenvalue weighted by Gasteiger charge is 2.25. The minimum absolute atomic E-state index is 0.0139. The second kappa shape index (κ2) is 8.23. The van der Waals surface area contributed by atoms with E-state index in [-0.39, 0.29) is 12.5 Å². The van der Waals surface area contributed by atoms with Gasteiger partial charge in [-0.2, -0.15) is 5.10 Å². The molecule has 4 rings (SSSR count). The summed E-state index contributed by atoms with van der Waals surface area (Å²) in [4.78, 5) is 14.9. The van der Waals surface area contributed by atoms with Crippen molar-refractivity contribution in [2.45, 2.75) is 64.4 Å². The van der Waals surface area contributed by atoms with Gasteiger partial charge in [-0.15, -0.1) is 0 Å². The standard InChI is InChI=1S/C21H28N4O2/c26-15-16-6-8-17(9-7-16)21(27)22-13-18-12-20-14-24(10-11-25(20)23-18)19-4-2-1-3-5-19/h6-9,12,19,26H,1-5,10-11,13-15H2,(H,22,27). The molecule has 27 heavy (non-hydrogen) atoms. The number of fused-ring (bicyclic) bond motifs is 1. The van der Waals surface area contributed by atoms with Crippen LogP contribution in [0.1, 0.15) is 59.4 Å². The molecule has 1 aliphatic carbocycles. The topological polar surface area (TPSA) is 70.4 Å². The number of hydrogen-bond acceptors (Lipinski definition) is 4. The van der Waals surface area contributed by atoms with Crippen molar-refractivity contribution in [3.8, 4) is 0 Å². The van der Waals surface area contributed by atoms with E-state index in [0.29, 0.717) is 12.1 Å². The SMILES string of the molecule is O=C(NCc1cc2n(n1)CCN(C1CCCCC1)C2)c1ccc(CO)cc1. The molecule has 2 N–H and O–H groups in total. The van der Waals surface area contributed by atoms with Crippen molar-refractivity contribution in [1.29, 1.82) is 0 Å². The molecule has 1 aromatic carbocycles. The minimum Gasteiger partial charge on any atom is -0.392 e. The smallest absolute Gasteiger partial charge is 0.251 e. The number of hydrogen-bond donors (Lipinski definition) is 2. The number of rotatable bonds is 5. The molecule has 0 unspecified atom stereocenters. The third kappa shape index (κ3) is 4.22. The third-order valence-electron chi connectivity index (χ3n) is 5.80. The Morgan fingerprint density at radius 3 is 2.67 bits per heavy atom. The summed E-state index contributed by atoms with van der Waals surface area (Å²) in [6.07, 6.45) is 6.75. The summed E-state index contributed by atoms with van der Waals surface area (Å²) in [5.74, 6) is -0.116. The van der Waals surface area contributed by atoms with Crippen LogP contribution >= 0.6 is 0 Å². The van der Waals surface area contributed by atoms with Gasteiger partial charge in [-0.25, -0.2) is 0 Å². The van der Waals surface area contributed by atoms with Crippen molar-refractivity contribution in [3.63, 3.8) is 0 Å². The van der Waals surface area contributed by atoms with Gasteiger partial charge in [0, 0.05) is 24.7 Å². The van der Waals surface area contributed by atoms with Crippen LogP contribution in [-0.4, -0.2) is 38.3 Å². The number of aliphatic hydroxyl groups is 1. The van der Waals surface area contributed by atoms with Gasteiger partial charge < -0.3 is 10.4 Å². The van der Waals surface area contributed by atoms with Gasteiger partial charge >= 0.3 is 0 Å². The van der Waals surface area contributed by atoms with Gasteiger partial charge in [-0.3, -0.25) is 14.4 Å². The summed E-state index contributed by atoms with van der Waals surface area (Å²) < 4.78 is 2.09. The average molecular weight is 368 g/mol. The van der Waals surface area contributed by atoms with Crippen LogP contribution in [-0.2, 0) is 26.2 Å². The fraction of sp³-hybridized carbons (Fsp3) is 0.524. The van der Waals surface area contributed by atoms with Crippen LogP contribution in [0.4, 0.5) is 0 Å². The highest BCUT2D eigenvalue weighted by atomic mass is 16.3. The van der Waals surface area contributed by atoms with Crippen molar-refractivity contribution < 1.29 is 9.90 Å². The van der Waals surface area contributed by atoms with Crippen LogP contribution in [0.15, 0.2) is 30.3 Å². The Labute approximate surface area is 160 Å². The zero-order valence-electron chi connectivity index (χ0n) is 15.7.